The number of nitro benzene ring substituents is 1. The highest BCUT2D eigenvalue weighted by atomic mass is 19.1. The van der Waals surface area contributed by atoms with E-state index in [2.05, 4.69) is 5.32 Å². The van der Waals surface area contributed by atoms with E-state index in [1.807, 2.05) is 18.7 Å². The highest BCUT2D eigenvalue weighted by Gasteiger charge is 2.26. The third-order valence-electron chi connectivity index (χ3n) is 5.38. The van der Waals surface area contributed by atoms with Crippen LogP contribution >= 0.6 is 0 Å². The van der Waals surface area contributed by atoms with E-state index in [1.165, 1.54) is 18.2 Å². The van der Waals surface area contributed by atoms with Crippen LogP contribution in [-0.2, 0) is 11.2 Å². The van der Waals surface area contributed by atoms with Crippen LogP contribution in [-0.4, -0.2) is 54.7 Å². The number of hydrogen-bond donors (Lipinski definition) is 1. The van der Waals surface area contributed by atoms with Crippen LogP contribution in [0.4, 0.5) is 21.5 Å². The van der Waals surface area contributed by atoms with E-state index >= 15 is 0 Å². The van der Waals surface area contributed by atoms with Gasteiger partial charge in [0.2, 0.25) is 0 Å². The molecular weight excluding hydrogens is 415 g/mol. The second kappa shape index (κ2) is 10.2. The number of nitro groups is 1. The molecule has 0 saturated carbocycles. The fourth-order valence-electron chi connectivity index (χ4n) is 3.64. The quantitative estimate of drug-likeness (QED) is 0.382. The zero-order valence-electron chi connectivity index (χ0n) is 18.2. The lowest BCUT2D eigenvalue weighted by Crippen LogP contribution is -2.49. The highest BCUT2D eigenvalue weighted by Crippen LogP contribution is 2.26. The number of nitrogens with one attached hydrogen (secondary N) is 1. The summed E-state index contributed by atoms with van der Waals surface area (Å²) in [5.41, 5.74) is 1.73. The number of carbonyl (C=O) groups is 2. The van der Waals surface area contributed by atoms with Crippen molar-refractivity contribution in [2.45, 2.75) is 20.3 Å². The predicted molar refractivity (Wildman–Crippen MR) is 121 cm³/mol. The molecular formula is C23H27FN4O4. The maximum atomic E-state index is 14.5. The first kappa shape index (κ1) is 23.2. The molecule has 1 N–H and O–H groups in total. The molecule has 1 aliphatic heterocycles. The molecule has 0 aliphatic carbocycles. The monoisotopic (exact) mass is 442 g/mol. The zero-order valence-corrected chi connectivity index (χ0v) is 18.2. The Balaban J connectivity index is 1.74. The minimum atomic E-state index is -0.516. The lowest BCUT2D eigenvalue weighted by molar-refractivity contribution is -0.384. The van der Waals surface area contributed by atoms with E-state index in [-0.39, 0.29) is 23.6 Å². The first-order valence-electron chi connectivity index (χ1n) is 10.6. The third-order valence-corrected chi connectivity index (χ3v) is 5.38. The zero-order chi connectivity index (χ0) is 23.3. The topological polar surface area (TPSA) is 95.8 Å². The van der Waals surface area contributed by atoms with Gasteiger partial charge in [-0.3, -0.25) is 14.9 Å². The van der Waals surface area contributed by atoms with Gasteiger partial charge in [0.15, 0.2) is 0 Å². The molecule has 1 amide bonds. The van der Waals surface area contributed by atoms with Gasteiger partial charge in [-0.2, -0.15) is 0 Å². The van der Waals surface area contributed by atoms with Gasteiger partial charge in [0.1, 0.15) is 12.1 Å². The molecule has 9 heteroatoms. The Labute approximate surface area is 186 Å². The lowest BCUT2D eigenvalue weighted by Gasteiger charge is -2.36. The maximum Gasteiger partial charge on any atom is 0.270 e. The molecule has 1 fully saturated rings. The first-order chi connectivity index (χ1) is 15.3. The van der Waals surface area contributed by atoms with Gasteiger partial charge in [0.05, 0.1) is 16.2 Å². The van der Waals surface area contributed by atoms with Crippen molar-refractivity contribution in [1.82, 2.24) is 4.90 Å². The summed E-state index contributed by atoms with van der Waals surface area (Å²) in [6, 6.07) is 8.99. The van der Waals surface area contributed by atoms with Gasteiger partial charge in [0, 0.05) is 57.0 Å². The summed E-state index contributed by atoms with van der Waals surface area (Å²) in [6.45, 7) is 6.28. The number of non-ortho nitro benzene ring substituents is 1. The van der Waals surface area contributed by atoms with Crippen LogP contribution in [0.1, 0.15) is 29.8 Å². The molecule has 8 nitrogen and oxygen atoms in total. The van der Waals surface area contributed by atoms with Gasteiger partial charge in [0.25, 0.3) is 11.6 Å². The molecule has 0 radical (unpaired) electrons. The molecule has 0 aromatic heterocycles. The van der Waals surface area contributed by atoms with Crippen LogP contribution in [0.3, 0.4) is 0 Å². The molecule has 0 unspecified atom stereocenters. The number of aldehydes is 1. The third kappa shape index (κ3) is 5.40. The van der Waals surface area contributed by atoms with E-state index in [9.17, 15) is 24.1 Å². The number of hydrogen-bond acceptors (Lipinski definition) is 6. The number of halogens is 1. The number of carbonyl (C=O) groups excluding carboxylic acids is 2. The van der Waals surface area contributed by atoms with Crippen molar-refractivity contribution in [2.75, 3.05) is 42.9 Å². The molecule has 3 rings (SSSR count). The van der Waals surface area contributed by atoms with Gasteiger partial charge in [-0.05, 0) is 29.7 Å². The summed E-state index contributed by atoms with van der Waals surface area (Å²) in [5, 5.41) is 14.4. The van der Waals surface area contributed by atoms with Crippen molar-refractivity contribution < 1.29 is 18.9 Å². The molecule has 1 aliphatic rings. The fourth-order valence-corrected chi connectivity index (χ4v) is 3.64. The van der Waals surface area contributed by atoms with Crippen LogP contribution in [0.5, 0.6) is 0 Å². The lowest BCUT2D eigenvalue weighted by atomic mass is 10.1. The Kier molecular flexibility index (Phi) is 7.40. The summed E-state index contributed by atoms with van der Waals surface area (Å²) in [7, 11) is 0. The molecule has 0 bridgehead atoms. The Bertz CT molecular complexity index is 1000. The average molecular weight is 442 g/mol. The number of amides is 1. The second-order valence-electron chi connectivity index (χ2n) is 8.20. The number of rotatable bonds is 8. The smallest absolute Gasteiger partial charge is 0.270 e. The van der Waals surface area contributed by atoms with Crippen molar-refractivity contribution >= 4 is 29.3 Å². The SMILES string of the molecule is CC(C)CNc1ccc([N+](=O)[O-])cc1C(=O)N1CCN(c2ccc(CC=O)cc2F)CC1. The summed E-state index contributed by atoms with van der Waals surface area (Å²) < 4.78 is 14.5. The Morgan fingerprint density at radius 3 is 2.50 bits per heavy atom. The summed E-state index contributed by atoms with van der Waals surface area (Å²) in [6.07, 6.45) is 0.896. The maximum absolute atomic E-state index is 14.5. The minimum absolute atomic E-state index is 0.139. The van der Waals surface area contributed by atoms with Gasteiger partial charge >= 0.3 is 0 Å². The summed E-state index contributed by atoms with van der Waals surface area (Å²) in [4.78, 5) is 38.0. The Morgan fingerprint density at radius 2 is 1.91 bits per heavy atom. The van der Waals surface area contributed by atoms with Gasteiger partial charge in [-0.15, -0.1) is 0 Å². The molecule has 1 heterocycles. The number of benzene rings is 2. The van der Waals surface area contributed by atoms with Gasteiger partial charge in [-0.1, -0.05) is 19.9 Å². The number of anilines is 2. The summed E-state index contributed by atoms with van der Waals surface area (Å²) >= 11 is 0. The molecule has 1 saturated heterocycles. The Hall–Kier alpha value is -3.49. The molecule has 2 aromatic rings. The molecule has 2 aromatic carbocycles. The predicted octanol–water partition coefficient (Wildman–Crippen LogP) is 3.51. The van der Waals surface area contributed by atoms with E-state index < -0.39 is 10.7 Å². The molecule has 32 heavy (non-hydrogen) atoms. The number of piperazine rings is 1. The minimum Gasteiger partial charge on any atom is -0.384 e. The number of nitrogens with zero attached hydrogens (tertiary/aromatic N) is 3. The largest absolute Gasteiger partial charge is 0.384 e. The van der Waals surface area contributed by atoms with Gasteiger partial charge in [-0.25, -0.2) is 4.39 Å². The van der Waals surface area contributed by atoms with Crippen molar-refractivity contribution in [3.63, 3.8) is 0 Å². The standard InChI is InChI=1S/C23H27FN4O4/c1-16(2)15-25-21-5-4-18(28(31)32)14-19(21)23(30)27-10-8-26(9-11-27)22-6-3-17(7-12-29)13-20(22)24/h3-6,12-14,16,25H,7-11,15H2,1-2H3. The van der Waals surface area contributed by atoms with Crippen LogP contribution in [0.25, 0.3) is 0 Å². The fraction of sp³-hybridized carbons (Fsp3) is 0.391. The Morgan fingerprint density at radius 1 is 1.19 bits per heavy atom. The molecule has 0 spiro atoms. The van der Waals surface area contributed by atoms with Gasteiger partial charge < -0.3 is 19.9 Å². The van der Waals surface area contributed by atoms with Crippen molar-refractivity contribution in [3.8, 4) is 0 Å². The van der Waals surface area contributed by atoms with Crippen molar-refractivity contribution in [3.05, 3.63) is 63.5 Å². The highest BCUT2D eigenvalue weighted by molar-refractivity contribution is 6.00. The van der Waals surface area contributed by atoms with Crippen LogP contribution in [0.2, 0.25) is 0 Å². The van der Waals surface area contributed by atoms with Crippen LogP contribution < -0.4 is 10.2 Å². The van der Waals surface area contributed by atoms with Crippen LogP contribution in [0, 0.1) is 21.8 Å². The van der Waals surface area contributed by atoms with Crippen molar-refractivity contribution in [2.24, 2.45) is 5.92 Å². The first-order valence-corrected chi connectivity index (χ1v) is 10.6. The van der Waals surface area contributed by atoms with E-state index in [4.69, 9.17) is 0 Å². The van der Waals surface area contributed by atoms with E-state index in [0.29, 0.717) is 55.6 Å². The molecule has 0 atom stereocenters. The normalized spacial score (nSPS) is 13.9. The second-order valence-corrected chi connectivity index (χ2v) is 8.20. The summed E-state index contributed by atoms with van der Waals surface area (Å²) in [5.74, 6) is -0.353. The average Bonchev–Trinajstić information content (AvgIpc) is 2.77. The van der Waals surface area contributed by atoms with E-state index in [0.717, 1.165) is 6.29 Å². The van der Waals surface area contributed by atoms with Crippen LogP contribution in [0.15, 0.2) is 36.4 Å². The van der Waals surface area contributed by atoms with E-state index in [1.54, 1.807) is 23.1 Å². The van der Waals surface area contributed by atoms with Crippen molar-refractivity contribution in [1.29, 1.82) is 0 Å². The molecule has 170 valence electrons.